The Morgan fingerprint density at radius 3 is 2.55 bits per heavy atom. The van der Waals surface area contributed by atoms with Crippen molar-refractivity contribution in [1.82, 2.24) is 25.3 Å². The highest BCUT2D eigenvalue weighted by Crippen LogP contribution is 2.35. The molecule has 7 heteroatoms. The van der Waals surface area contributed by atoms with Gasteiger partial charge in [0.15, 0.2) is 5.82 Å². The van der Waals surface area contributed by atoms with Gasteiger partial charge in [-0.3, -0.25) is 9.97 Å². The lowest BCUT2D eigenvalue weighted by Crippen LogP contribution is -2.36. The minimum absolute atomic E-state index is 0.0442. The Kier molecular flexibility index (Phi) is 6.19. The standard InChI is InChI=1S/C22H25N5O2/c28-14-19-18(20(10-21(19)29)26-12-15-3-1-6-23-11-15)9-17-5-8-25-22(27-17)16-4-2-7-24-13-16/h1-8,11,13,18-21,26,28-29H,9-10,12,14H2. The number of aromatic nitrogens is 4. The van der Waals surface area contributed by atoms with E-state index >= 15 is 0 Å². The second-order valence-corrected chi connectivity index (χ2v) is 7.48. The summed E-state index contributed by atoms with van der Waals surface area (Å²) >= 11 is 0. The number of aliphatic hydroxyl groups excluding tert-OH is 2. The van der Waals surface area contributed by atoms with Crippen LogP contribution in [0.15, 0.2) is 61.3 Å². The lowest BCUT2D eigenvalue weighted by Gasteiger charge is -2.25. The van der Waals surface area contributed by atoms with Crippen molar-refractivity contribution in [1.29, 1.82) is 0 Å². The zero-order chi connectivity index (χ0) is 20.1. The van der Waals surface area contributed by atoms with Crippen molar-refractivity contribution >= 4 is 0 Å². The number of pyridine rings is 2. The van der Waals surface area contributed by atoms with Crippen molar-refractivity contribution < 1.29 is 10.2 Å². The average Bonchev–Trinajstić information content (AvgIpc) is 3.07. The summed E-state index contributed by atoms with van der Waals surface area (Å²) in [5.74, 6) is 0.524. The van der Waals surface area contributed by atoms with Gasteiger partial charge in [0.25, 0.3) is 0 Å². The van der Waals surface area contributed by atoms with Crippen LogP contribution >= 0.6 is 0 Å². The zero-order valence-electron chi connectivity index (χ0n) is 16.1. The second kappa shape index (κ2) is 9.17. The maximum Gasteiger partial charge on any atom is 0.160 e. The molecule has 1 aliphatic rings. The molecule has 3 heterocycles. The van der Waals surface area contributed by atoms with Crippen molar-refractivity contribution in [3.8, 4) is 11.4 Å². The summed E-state index contributed by atoms with van der Waals surface area (Å²) in [6.07, 6.45) is 9.53. The molecule has 3 N–H and O–H groups in total. The minimum atomic E-state index is -0.531. The molecule has 4 rings (SSSR count). The summed E-state index contributed by atoms with van der Waals surface area (Å²) in [6, 6.07) is 9.71. The van der Waals surface area contributed by atoms with Gasteiger partial charge < -0.3 is 15.5 Å². The average molecular weight is 391 g/mol. The zero-order valence-corrected chi connectivity index (χ0v) is 16.1. The van der Waals surface area contributed by atoms with Crippen LogP contribution in [-0.4, -0.2) is 48.9 Å². The first-order valence-corrected chi connectivity index (χ1v) is 9.88. The van der Waals surface area contributed by atoms with Gasteiger partial charge in [-0.2, -0.15) is 0 Å². The van der Waals surface area contributed by atoms with Gasteiger partial charge >= 0.3 is 0 Å². The Labute approximate surface area is 169 Å². The largest absolute Gasteiger partial charge is 0.396 e. The van der Waals surface area contributed by atoms with Gasteiger partial charge in [0.05, 0.1) is 6.10 Å². The van der Waals surface area contributed by atoms with Gasteiger partial charge in [0, 0.05) is 67.4 Å². The number of hydrogen-bond acceptors (Lipinski definition) is 7. The molecule has 0 bridgehead atoms. The lowest BCUT2D eigenvalue weighted by atomic mass is 9.88. The molecule has 1 aliphatic carbocycles. The maximum absolute atomic E-state index is 10.5. The van der Waals surface area contributed by atoms with Crippen LogP contribution in [0.3, 0.4) is 0 Å². The third-order valence-electron chi connectivity index (χ3n) is 5.64. The predicted molar refractivity (Wildman–Crippen MR) is 109 cm³/mol. The van der Waals surface area contributed by atoms with Gasteiger partial charge in [-0.15, -0.1) is 0 Å². The first-order valence-electron chi connectivity index (χ1n) is 9.88. The van der Waals surface area contributed by atoms with Gasteiger partial charge in [-0.1, -0.05) is 6.07 Å². The fraction of sp³-hybridized carbons (Fsp3) is 0.364. The third-order valence-corrected chi connectivity index (χ3v) is 5.64. The number of aliphatic hydroxyl groups is 2. The molecule has 3 aromatic heterocycles. The fourth-order valence-electron chi connectivity index (χ4n) is 4.12. The Hall–Kier alpha value is -2.74. The van der Waals surface area contributed by atoms with Crippen molar-refractivity contribution in [2.45, 2.75) is 31.5 Å². The van der Waals surface area contributed by atoms with Gasteiger partial charge in [-0.25, -0.2) is 9.97 Å². The molecule has 3 aromatic rings. The second-order valence-electron chi connectivity index (χ2n) is 7.48. The van der Waals surface area contributed by atoms with E-state index < -0.39 is 6.10 Å². The highest BCUT2D eigenvalue weighted by molar-refractivity contribution is 5.52. The van der Waals surface area contributed by atoms with E-state index in [1.165, 1.54) is 0 Å². The van der Waals surface area contributed by atoms with Gasteiger partial charge in [0.1, 0.15) is 0 Å². The molecule has 0 aliphatic heterocycles. The molecule has 4 unspecified atom stereocenters. The number of nitrogens with zero attached hydrogens (tertiary/aromatic N) is 4. The van der Waals surface area contributed by atoms with Crippen LogP contribution in [0.25, 0.3) is 11.4 Å². The van der Waals surface area contributed by atoms with Crippen LogP contribution in [0.1, 0.15) is 17.7 Å². The molecule has 1 fully saturated rings. The summed E-state index contributed by atoms with van der Waals surface area (Å²) in [5.41, 5.74) is 2.85. The third kappa shape index (κ3) is 4.64. The van der Waals surface area contributed by atoms with E-state index in [1.807, 2.05) is 36.5 Å². The number of hydrogen-bond donors (Lipinski definition) is 3. The molecular weight excluding hydrogens is 366 g/mol. The van der Waals surface area contributed by atoms with Crippen molar-refractivity contribution in [2.75, 3.05) is 6.61 Å². The highest BCUT2D eigenvalue weighted by atomic mass is 16.3. The van der Waals surface area contributed by atoms with Crippen LogP contribution in [0, 0.1) is 11.8 Å². The van der Waals surface area contributed by atoms with Crippen LogP contribution in [-0.2, 0) is 13.0 Å². The van der Waals surface area contributed by atoms with Crippen LogP contribution in [0.4, 0.5) is 0 Å². The van der Waals surface area contributed by atoms with Crippen LogP contribution < -0.4 is 5.32 Å². The molecule has 7 nitrogen and oxygen atoms in total. The van der Waals surface area contributed by atoms with Crippen molar-refractivity contribution in [3.63, 3.8) is 0 Å². The van der Waals surface area contributed by atoms with E-state index in [4.69, 9.17) is 4.98 Å². The summed E-state index contributed by atoms with van der Waals surface area (Å²) < 4.78 is 0. The molecule has 0 radical (unpaired) electrons. The van der Waals surface area contributed by atoms with E-state index in [9.17, 15) is 10.2 Å². The minimum Gasteiger partial charge on any atom is -0.396 e. The van der Waals surface area contributed by atoms with E-state index in [0.717, 1.165) is 16.8 Å². The molecule has 150 valence electrons. The summed E-state index contributed by atoms with van der Waals surface area (Å²) in [5, 5.41) is 23.9. The highest BCUT2D eigenvalue weighted by Gasteiger charge is 2.42. The van der Waals surface area contributed by atoms with Crippen molar-refractivity contribution in [2.24, 2.45) is 11.8 Å². The molecule has 29 heavy (non-hydrogen) atoms. The van der Waals surface area contributed by atoms with Crippen LogP contribution in [0.5, 0.6) is 0 Å². The Morgan fingerprint density at radius 2 is 1.83 bits per heavy atom. The predicted octanol–water partition coefficient (Wildman–Crippen LogP) is 1.62. The monoisotopic (exact) mass is 391 g/mol. The Balaban J connectivity index is 1.51. The smallest absolute Gasteiger partial charge is 0.160 e. The molecule has 0 aromatic carbocycles. The summed E-state index contributed by atoms with van der Waals surface area (Å²) in [7, 11) is 0. The van der Waals surface area contributed by atoms with E-state index in [2.05, 4.69) is 20.3 Å². The first kappa shape index (κ1) is 19.6. The normalized spacial score (nSPS) is 23.9. The molecule has 1 saturated carbocycles. The topological polar surface area (TPSA) is 104 Å². The molecule has 0 saturated heterocycles. The SMILES string of the molecule is OCC1C(O)CC(NCc2cccnc2)C1Cc1ccnc(-c2cccnc2)n1. The number of rotatable bonds is 7. The Bertz CT molecular complexity index is 909. The van der Waals surface area contributed by atoms with E-state index in [1.54, 1.807) is 24.8 Å². The quantitative estimate of drug-likeness (QED) is 0.562. The van der Waals surface area contributed by atoms with E-state index in [-0.39, 0.29) is 24.5 Å². The van der Waals surface area contributed by atoms with E-state index in [0.29, 0.717) is 25.2 Å². The molecule has 0 amide bonds. The number of nitrogens with one attached hydrogen (secondary N) is 1. The molecular formula is C22H25N5O2. The molecule has 4 atom stereocenters. The molecule has 0 spiro atoms. The van der Waals surface area contributed by atoms with Crippen molar-refractivity contribution in [3.05, 3.63) is 72.6 Å². The maximum atomic E-state index is 10.5. The summed E-state index contributed by atoms with van der Waals surface area (Å²) in [4.78, 5) is 17.3. The Morgan fingerprint density at radius 1 is 1.00 bits per heavy atom. The van der Waals surface area contributed by atoms with Gasteiger partial charge in [-0.05, 0) is 48.6 Å². The van der Waals surface area contributed by atoms with Gasteiger partial charge in [0.2, 0.25) is 0 Å². The lowest BCUT2D eigenvalue weighted by molar-refractivity contribution is 0.0716. The fourth-order valence-corrected chi connectivity index (χ4v) is 4.12. The first-order chi connectivity index (χ1) is 14.2. The summed E-state index contributed by atoms with van der Waals surface area (Å²) in [6.45, 7) is 0.627. The van der Waals surface area contributed by atoms with Crippen LogP contribution in [0.2, 0.25) is 0 Å².